The van der Waals surface area contributed by atoms with Crippen LogP contribution in [0.15, 0.2) is 18.2 Å². The molecule has 0 unspecified atom stereocenters. The third-order valence-corrected chi connectivity index (χ3v) is 2.79. The number of aliphatic carboxylic acids is 1. The van der Waals surface area contributed by atoms with Crippen molar-refractivity contribution in [3.63, 3.8) is 0 Å². The van der Waals surface area contributed by atoms with E-state index in [0.29, 0.717) is 5.75 Å². The molecule has 4 N–H and O–H groups in total. The summed E-state index contributed by atoms with van der Waals surface area (Å²) in [5.74, 6) is -2.19. The van der Waals surface area contributed by atoms with Crippen LogP contribution in [0.4, 0.5) is 0 Å². The fourth-order valence-corrected chi connectivity index (χ4v) is 1.80. The summed E-state index contributed by atoms with van der Waals surface area (Å²) in [6, 6.07) is 4.20. The number of para-hydroxylation sites is 1. The van der Waals surface area contributed by atoms with Crippen LogP contribution in [0, 0.1) is 13.8 Å². The molecule has 0 bridgehead atoms. The minimum Gasteiger partial charge on any atom is -0.483 e. The van der Waals surface area contributed by atoms with E-state index in [2.05, 4.69) is 5.32 Å². The number of primary amides is 1. The number of ether oxygens (including phenoxy) is 1. The zero-order chi connectivity index (χ0) is 16.0. The molecule has 7 heteroatoms. The Hall–Kier alpha value is -2.57. The highest BCUT2D eigenvalue weighted by Crippen LogP contribution is 2.21. The van der Waals surface area contributed by atoms with Crippen LogP contribution < -0.4 is 15.8 Å². The second-order valence-electron chi connectivity index (χ2n) is 4.64. The van der Waals surface area contributed by atoms with E-state index in [1.54, 1.807) is 0 Å². The van der Waals surface area contributed by atoms with Gasteiger partial charge >= 0.3 is 5.97 Å². The van der Waals surface area contributed by atoms with Crippen LogP contribution in [0.3, 0.4) is 0 Å². The predicted molar refractivity (Wildman–Crippen MR) is 74.8 cm³/mol. The lowest BCUT2D eigenvalue weighted by Crippen LogP contribution is -2.45. The zero-order valence-corrected chi connectivity index (χ0v) is 11.9. The highest BCUT2D eigenvalue weighted by Gasteiger charge is 2.22. The van der Waals surface area contributed by atoms with Crippen molar-refractivity contribution in [1.82, 2.24) is 5.32 Å². The van der Waals surface area contributed by atoms with E-state index in [9.17, 15) is 14.4 Å². The van der Waals surface area contributed by atoms with Crippen molar-refractivity contribution in [2.24, 2.45) is 5.73 Å². The molecule has 0 spiro atoms. The van der Waals surface area contributed by atoms with E-state index >= 15 is 0 Å². The summed E-state index contributed by atoms with van der Waals surface area (Å²) in [6.07, 6.45) is -0.468. The monoisotopic (exact) mass is 294 g/mol. The van der Waals surface area contributed by atoms with Gasteiger partial charge in [-0.15, -0.1) is 0 Å². The second kappa shape index (κ2) is 7.28. The van der Waals surface area contributed by atoms with Crippen molar-refractivity contribution in [3.05, 3.63) is 29.3 Å². The number of rotatable bonds is 7. The van der Waals surface area contributed by atoms with Crippen molar-refractivity contribution in [1.29, 1.82) is 0 Å². The Morgan fingerprint density at radius 2 is 1.86 bits per heavy atom. The van der Waals surface area contributed by atoms with Crippen molar-refractivity contribution in [3.8, 4) is 5.75 Å². The molecule has 1 aromatic carbocycles. The number of carboxylic acid groups (broad SMARTS) is 1. The number of benzene rings is 1. The SMILES string of the molecule is Cc1cccc(C)c1OCC(=O)N[C@@H](CC(N)=O)C(=O)O. The zero-order valence-electron chi connectivity index (χ0n) is 11.9. The Morgan fingerprint density at radius 1 is 1.29 bits per heavy atom. The Labute approximate surface area is 122 Å². The standard InChI is InChI=1S/C14H18N2O5/c1-8-4-3-5-9(2)13(8)21-7-12(18)16-10(14(19)20)6-11(15)17/h3-5,10H,6-7H2,1-2H3,(H2,15,17)(H,16,18)(H,19,20)/t10-/m0/s1. The van der Waals surface area contributed by atoms with Gasteiger partial charge in [-0.05, 0) is 25.0 Å². The van der Waals surface area contributed by atoms with E-state index < -0.39 is 30.2 Å². The van der Waals surface area contributed by atoms with E-state index in [1.165, 1.54) is 0 Å². The first-order chi connectivity index (χ1) is 9.81. The number of carbonyl (C=O) groups excluding carboxylic acids is 2. The van der Waals surface area contributed by atoms with E-state index in [4.69, 9.17) is 15.6 Å². The van der Waals surface area contributed by atoms with Gasteiger partial charge in [0.1, 0.15) is 11.8 Å². The van der Waals surface area contributed by atoms with Crippen LogP contribution in [0.1, 0.15) is 17.5 Å². The van der Waals surface area contributed by atoms with Crippen LogP contribution in [-0.4, -0.2) is 35.5 Å². The molecular weight excluding hydrogens is 276 g/mol. The van der Waals surface area contributed by atoms with Crippen LogP contribution in [-0.2, 0) is 14.4 Å². The maximum atomic E-state index is 11.7. The van der Waals surface area contributed by atoms with Gasteiger partial charge in [0.05, 0.1) is 6.42 Å². The maximum absolute atomic E-state index is 11.7. The highest BCUT2D eigenvalue weighted by molar-refractivity contribution is 5.88. The summed E-state index contributed by atoms with van der Waals surface area (Å²) in [7, 11) is 0. The molecule has 0 radical (unpaired) electrons. The molecule has 21 heavy (non-hydrogen) atoms. The van der Waals surface area contributed by atoms with Gasteiger partial charge in [-0.2, -0.15) is 0 Å². The van der Waals surface area contributed by atoms with Gasteiger partial charge in [0, 0.05) is 0 Å². The molecule has 0 heterocycles. The average molecular weight is 294 g/mol. The topological polar surface area (TPSA) is 119 Å². The predicted octanol–water partition coefficient (Wildman–Crippen LogP) is 0.127. The number of nitrogens with two attached hydrogens (primary N) is 1. The van der Waals surface area contributed by atoms with Gasteiger partial charge in [-0.25, -0.2) is 4.79 Å². The lowest BCUT2D eigenvalue weighted by molar-refractivity contribution is -0.143. The molecule has 1 rings (SSSR count). The molecule has 0 aliphatic heterocycles. The highest BCUT2D eigenvalue weighted by atomic mass is 16.5. The average Bonchev–Trinajstić information content (AvgIpc) is 2.36. The number of carbonyl (C=O) groups is 3. The lowest BCUT2D eigenvalue weighted by Gasteiger charge is -2.15. The maximum Gasteiger partial charge on any atom is 0.326 e. The number of hydrogen-bond donors (Lipinski definition) is 3. The van der Waals surface area contributed by atoms with Gasteiger partial charge in [0.15, 0.2) is 6.61 Å². The van der Waals surface area contributed by atoms with Crippen molar-refractivity contribution >= 4 is 17.8 Å². The van der Waals surface area contributed by atoms with Crippen LogP contribution in [0.25, 0.3) is 0 Å². The molecule has 7 nitrogen and oxygen atoms in total. The third-order valence-electron chi connectivity index (χ3n) is 2.79. The summed E-state index contributed by atoms with van der Waals surface area (Å²) in [6.45, 7) is 3.34. The molecule has 0 saturated carbocycles. The minimum atomic E-state index is -1.35. The van der Waals surface area contributed by atoms with Crippen molar-refractivity contribution in [2.45, 2.75) is 26.3 Å². The summed E-state index contributed by atoms with van der Waals surface area (Å²) < 4.78 is 5.39. The Balaban J connectivity index is 2.61. The van der Waals surface area contributed by atoms with E-state index in [1.807, 2.05) is 32.0 Å². The normalized spacial score (nSPS) is 11.5. The number of amides is 2. The number of nitrogens with one attached hydrogen (secondary N) is 1. The molecule has 0 saturated heterocycles. The smallest absolute Gasteiger partial charge is 0.326 e. The Kier molecular flexibility index (Phi) is 5.71. The first kappa shape index (κ1) is 16.5. The fraction of sp³-hybridized carbons (Fsp3) is 0.357. The summed E-state index contributed by atoms with van der Waals surface area (Å²) in [5.41, 5.74) is 6.67. The third kappa shape index (κ3) is 5.13. The van der Waals surface area contributed by atoms with Gasteiger partial charge in [-0.3, -0.25) is 9.59 Å². The Bertz CT molecular complexity index is 536. The number of aryl methyl sites for hydroxylation is 2. The molecule has 0 aliphatic carbocycles. The quantitative estimate of drug-likeness (QED) is 0.660. The molecule has 114 valence electrons. The molecular formula is C14H18N2O5. The van der Waals surface area contributed by atoms with E-state index in [-0.39, 0.29) is 6.61 Å². The first-order valence-corrected chi connectivity index (χ1v) is 6.30. The Morgan fingerprint density at radius 3 is 2.33 bits per heavy atom. The second-order valence-corrected chi connectivity index (χ2v) is 4.64. The molecule has 1 aromatic rings. The fourth-order valence-electron chi connectivity index (χ4n) is 1.80. The van der Waals surface area contributed by atoms with Crippen molar-refractivity contribution < 1.29 is 24.2 Å². The summed E-state index contributed by atoms with van der Waals surface area (Å²) >= 11 is 0. The van der Waals surface area contributed by atoms with Crippen molar-refractivity contribution in [2.75, 3.05) is 6.61 Å². The van der Waals surface area contributed by atoms with Gasteiger partial charge in [-0.1, -0.05) is 18.2 Å². The van der Waals surface area contributed by atoms with Crippen LogP contribution in [0.5, 0.6) is 5.75 Å². The lowest BCUT2D eigenvalue weighted by atomic mass is 10.1. The van der Waals surface area contributed by atoms with Gasteiger partial charge in [0.25, 0.3) is 5.91 Å². The minimum absolute atomic E-state index is 0.339. The van der Waals surface area contributed by atoms with Crippen LogP contribution in [0.2, 0.25) is 0 Å². The van der Waals surface area contributed by atoms with E-state index in [0.717, 1.165) is 11.1 Å². The molecule has 2 amide bonds. The molecule has 0 fully saturated rings. The molecule has 0 aliphatic rings. The summed E-state index contributed by atoms with van der Waals surface area (Å²) in [4.78, 5) is 33.3. The largest absolute Gasteiger partial charge is 0.483 e. The number of carboxylic acids is 1. The first-order valence-electron chi connectivity index (χ1n) is 6.30. The molecule has 1 atom stereocenters. The molecule has 0 aromatic heterocycles. The number of hydrogen-bond acceptors (Lipinski definition) is 4. The summed E-state index contributed by atoms with van der Waals surface area (Å²) in [5, 5.41) is 11.1. The van der Waals surface area contributed by atoms with Gasteiger partial charge < -0.3 is 20.9 Å². The van der Waals surface area contributed by atoms with Crippen LogP contribution >= 0.6 is 0 Å². The van der Waals surface area contributed by atoms with Gasteiger partial charge in [0.2, 0.25) is 5.91 Å².